The second-order valence-corrected chi connectivity index (χ2v) is 5.16. The minimum atomic E-state index is -0.365. The Balaban J connectivity index is 1.99. The molecule has 2 rings (SSSR count). The second kappa shape index (κ2) is 5.34. The van der Waals surface area contributed by atoms with Gasteiger partial charge in [0.1, 0.15) is 5.82 Å². The third kappa shape index (κ3) is 3.18. The molecule has 0 aliphatic carbocycles. The average Bonchev–Trinajstić information content (AvgIpc) is 2.32. The van der Waals surface area contributed by atoms with Crippen LogP contribution < -0.4 is 5.32 Å². The molecule has 0 bridgehead atoms. The van der Waals surface area contributed by atoms with Crippen LogP contribution in [0.1, 0.15) is 25.3 Å². The lowest BCUT2D eigenvalue weighted by atomic mass is 9.94. The molecule has 94 valence electrons. The van der Waals surface area contributed by atoms with Crippen LogP contribution in [0.25, 0.3) is 0 Å². The van der Waals surface area contributed by atoms with Crippen molar-refractivity contribution in [2.45, 2.75) is 31.8 Å². The van der Waals surface area contributed by atoms with E-state index in [9.17, 15) is 4.39 Å². The molecule has 0 spiro atoms. The molecule has 4 heteroatoms. The first-order valence-electron chi connectivity index (χ1n) is 5.86. The summed E-state index contributed by atoms with van der Waals surface area (Å²) in [6.07, 6.45) is 2.13. The Hall–Kier alpha value is -0.640. The summed E-state index contributed by atoms with van der Waals surface area (Å²) in [6, 6.07) is 4.89. The van der Waals surface area contributed by atoms with E-state index in [1.165, 1.54) is 6.07 Å². The fourth-order valence-corrected chi connectivity index (χ4v) is 2.26. The van der Waals surface area contributed by atoms with Gasteiger partial charge in [0.05, 0.1) is 11.6 Å². The van der Waals surface area contributed by atoms with Crippen LogP contribution in [0.2, 0.25) is 5.02 Å². The molecule has 0 saturated carbocycles. The molecule has 2 nitrogen and oxygen atoms in total. The van der Waals surface area contributed by atoms with Crippen LogP contribution in [0, 0.1) is 5.82 Å². The molecular weight excluding hydrogens is 241 g/mol. The first kappa shape index (κ1) is 12.8. The fourth-order valence-electron chi connectivity index (χ4n) is 2.07. The molecule has 0 amide bonds. The number of benzene rings is 1. The number of halogens is 2. The Labute approximate surface area is 106 Å². The minimum absolute atomic E-state index is 0.0338. The van der Waals surface area contributed by atoms with E-state index in [0.717, 1.165) is 25.0 Å². The van der Waals surface area contributed by atoms with E-state index in [-0.39, 0.29) is 16.4 Å². The summed E-state index contributed by atoms with van der Waals surface area (Å²) < 4.78 is 18.7. The number of hydrogen-bond acceptors (Lipinski definition) is 2. The van der Waals surface area contributed by atoms with Crippen LogP contribution in [0.4, 0.5) is 4.39 Å². The van der Waals surface area contributed by atoms with Gasteiger partial charge in [-0.1, -0.05) is 23.7 Å². The Morgan fingerprint density at radius 2 is 2.35 bits per heavy atom. The van der Waals surface area contributed by atoms with Crippen LogP contribution >= 0.6 is 11.6 Å². The van der Waals surface area contributed by atoms with Crippen LogP contribution in [-0.4, -0.2) is 18.8 Å². The molecule has 1 saturated heterocycles. The van der Waals surface area contributed by atoms with Crippen molar-refractivity contribution in [2.75, 3.05) is 13.2 Å². The highest BCUT2D eigenvalue weighted by Gasteiger charge is 2.26. The molecule has 1 heterocycles. The maximum atomic E-state index is 13.3. The maximum Gasteiger partial charge on any atom is 0.142 e. The Morgan fingerprint density at radius 1 is 1.53 bits per heavy atom. The van der Waals surface area contributed by atoms with Gasteiger partial charge < -0.3 is 10.1 Å². The van der Waals surface area contributed by atoms with Crippen LogP contribution in [0.5, 0.6) is 0 Å². The Kier molecular flexibility index (Phi) is 4.02. The van der Waals surface area contributed by atoms with Gasteiger partial charge in [0.25, 0.3) is 0 Å². The monoisotopic (exact) mass is 257 g/mol. The number of ether oxygens (including phenoxy) is 1. The van der Waals surface area contributed by atoms with Crippen molar-refractivity contribution in [2.24, 2.45) is 0 Å². The van der Waals surface area contributed by atoms with E-state index in [2.05, 4.69) is 12.2 Å². The first-order chi connectivity index (χ1) is 8.11. The minimum Gasteiger partial charge on any atom is -0.380 e. The molecule has 1 fully saturated rings. The van der Waals surface area contributed by atoms with Crippen LogP contribution in [-0.2, 0) is 11.3 Å². The van der Waals surface area contributed by atoms with Gasteiger partial charge in [-0.05, 0) is 31.4 Å². The third-order valence-corrected chi connectivity index (χ3v) is 3.60. The van der Waals surface area contributed by atoms with Crippen molar-refractivity contribution >= 4 is 11.6 Å². The summed E-state index contributed by atoms with van der Waals surface area (Å²) in [4.78, 5) is 0. The summed E-state index contributed by atoms with van der Waals surface area (Å²) in [6.45, 7) is 4.22. The first-order valence-corrected chi connectivity index (χ1v) is 6.24. The average molecular weight is 258 g/mol. The van der Waals surface area contributed by atoms with Crippen molar-refractivity contribution in [3.63, 3.8) is 0 Å². The zero-order valence-corrected chi connectivity index (χ0v) is 10.7. The quantitative estimate of drug-likeness (QED) is 0.898. The lowest BCUT2D eigenvalue weighted by molar-refractivity contribution is 0.0278. The molecule has 0 radical (unpaired) electrons. The Bertz CT molecular complexity index is 391. The number of hydrogen-bond donors (Lipinski definition) is 1. The fraction of sp³-hybridized carbons (Fsp3) is 0.538. The highest BCUT2D eigenvalue weighted by Crippen LogP contribution is 2.22. The SMILES string of the molecule is CC1(NCc2cccc(F)c2Cl)CCCOC1. The topological polar surface area (TPSA) is 21.3 Å². The zero-order valence-electron chi connectivity index (χ0n) is 9.93. The van der Waals surface area contributed by atoms with E-state index in [4.69, 9.17) is 16.3 Å². The summed E-state index contributed by atoms with van der Waals surface area (Å²) in [5.41, 5.74) is 0.756. The summed E-state index contributed by atoms with van der Waals surface area (Å²) in [7, 11) is 0. The van der Waals surface area contributed by atoms with E-state index in [1.54, 1.807) is 6.07 Å². The largest absolute Gasteiger partial charge is 0.380 e. The van der Waals surface area contributed by atoms with Gasteiger partial charge in [0.2, 0.25) is 0 Å². The van der Waals surface area contributed by atoms with Gasteiger partial charge in [-0.25, -0.2) is 4.39 Å². The molecule has 1 aromatic rings. The van der Waals surface area contributed by atoms with Gasteiger partial charge >= 0.3 is 0 Å². The van der Waals surface area contributed by atoms with Crippen LogP contribution in [0.3, 0.4) is 0 Å². The van der Waals surface area contributed by atoms with Crippen molar-refractivity contribution in [3.8, 4) is 0 Å². The second-order valence-electron chi connectivity index (χ2n) is 4.78. The van der Waals surface area contributed by atoms with Crippen molar-refractivity contribution < 1.29 is 9.13 Å². The highest BCUT2D eigenvalue weighted by molar-refractivity contribution is 6.31. The van der Waals surface area contributed by atoms with Gasteiger partial charge in [-0.15, -0.1) is 0 Å². The predicted molar refractivity (Wildman–Crippen MR) is 66.7 cm³/mol. The van der Waals surface area contributed by atoms with Gasteiger partial charge in [-0.2, -0.15) is 0 Å². The van der Waals surface area contributed by atoms with Crippen molar-refractivity contribution in [1.82, 2.24) is 5.32 Å². The Morgan fingerprint density at radius 3 is 3.06 bits per heavy atom. The predicted octanol–water partition coefficient (Wildman–Crippen LogP) is 3.14. The van der Waals surface area contributed by atoms with Gasteiger partial charge in [0.15, 0.2) is 0 Å². The molecule has 1 unspecified atom stereocenters. The molecule has 17 heavy (non-hydrogen) atoms. The molecule has 1 aromatic carbocycles. The zero-order chi connectivity index (χ0) is 12.3. The normalized spacial score (nSPS) is 24.9. The van der Waals surface area contributed by atoms with Crippen molar-refractivity contribution in [1.29, 1.82) is 0 Å². The summed E-state index contributed by atoms with van der Waals surface area (Å²) in [5, 5.41) is 3.61. The lowest BCUT2D eigenvalue weighted by Crippen LogP contribution is -2.48. The molecule has 1 aliphatic rings. The lowest BCUT2D eigenvalue weighted by Gasteiger charge is -2.34. The standard InChI is InChI=1S/C13H17ClFNO/c1-13(6-3-7-17-9-13)16-8-10-4-2-5-11(15)12(10)14/h2,4-5,16H,3,6-9H2,1H3. The van der Waals surface area contributed by atoms with Gasteiger partial charge in [-0.3, -0.25) is 0 Å². The molecular formula is C13H17ClFNO. The molecule has 1 N–H and O–H groups in total. The third-order valence-electron chi connectivity index (χ3n) is 3.18. The van der Waals surface area contributed by atoms with E-state index in [1.807, 2.05) is 6.07 Å². The summed E-state index contributed by atoms with van der Waals surface area (Å²) in [5.74, 6) is -0.365. The maximum absolute atomic E-state index is 13.3. The smallest absolute Gasteiger partial charge is 0.142 e. The van der Waals surface area contributed by atoms with Crippen molar-refractivity contribution in [3.05, 3.63) is 34.6 Å². The molecule has 1 aliphatic heterocycles. The number of nitrogens with one attached hydrogen (secondary N) is 1. The molecule has 0 aromatic heterocycles. The summed E-state index contributed by atoms with van der Waals surface area (Å²) >= 11 is 5.91. The highest BCUT2D eigenvalue weighted by atomic mass is 35.5. The van der Waals surface area contributed by atoms with E-state index < -0.39 is 0 Å². The number of rotatable bonds is 3. The van der Waals surface area contributed by atoms with E-state index >= 15 is 0 Å². The molecule has 1 atom stereocenters. The van der Waals surface area contributed by atoms with Crippen LogP contribution in [0.15, 0.2) is 18.2 Å². The van der Waals surface area contributed by atoms with Gasteiger partial charge in [0, 0.05) is 18.7 Å². The van der Waals surface area contributed by atoms with E-state index in [0.29, 0.717) is 13.2 Å².